The molecule has 0 spiro atoms. The lowest BCUT2D eigenvalue weighted by atomic mass is 10.1. The van der Waals surface area contributed by atoms with Crippen LogP contribution in [0.15, 0.2) is 24.3 Å². The topological polar surface area (TPSA) is 73.4 Å². The SMILES string of the molecule is O=C1CCC(=O)N1CCN1CCN([C@H]2CCN(c3ccccc3OC(F)F)C2=O)CC1. The van der Waals surface area contributed by atoms with E-state index in [0.717, 1.165) is 13.1 Å². The summed E-state index contributed by atoms with van der Waals surface area (Å²) >= 11 is 0. The van der Waals surface area contributed by atoms with Crippen LogP contribution < -0.4 is 9.64 Å². The number of nitrogens with zero attached hydrogens (tertiary/aromatic N) is 4. The van der Waals surface area contributed by atoms with Gasteiger partial charge < -0.3 is 9.64 Å². The minimum Gasteiger partial charge on any atom is -0.433 e. The molecule has 0 saturated carbocycles. The molecule has 3 aliphatic rings. The lowest BCUT2D eigenvalue weighted by Gasteiger charge is -2.37. The molecule has 0 N–H and O–H groups in total. The van der Waals surface area contributed by atoms with Gasteiger partial charge >= 0.3 is 6.61 Å². The Bertz CT molecular complexity index is 828. The maximum atomic E-state index is 13.0. The number of hydrogen-bond donors (Lipinski definition) is 0. The van der Waals surface area contributed by atoms with Crippen molar-refractivity contribution in [1.29, 1.82) is 0 Å². The zero-order valence-corrected chi connectivity index (χ0v) is 17.2. The van der Waals surface area contributed by atoms with Gasteiger partial charge in [0, 0.05) is 58.7 Å². The van der Waals surface area contributed by atoms with E-state index in [-0.39, 0.29) is 29.5 Å². The van der Waals surface area contributed by atoms with Gasteiger partial charge in [0.05, 0.1) is 11.7 Å². The average Bonchev–Trinajstić information content (AvgIpc) is 3.29. The van der Waals surface area contributed by atoms with E-state index >= 15 is 0 Å². The Morgan fingerprint density at radius 1 is 0.935 bits per heavy atom. The van der Waals surface area contributed by atoms with Gasteiger partial charge in [-0.1, -0.05) is 12.1 Å². The van der Waals surface area contributed by atoms with Crippen molar-refractivity contribution in [2.45, 2.75) is 31.9 Å². The van der Waals surface area contributed by atoms with Crippen molar-refractivity contribution in [1.82, 2.24) is 14.7 Å². The number of piperazine rings is 1. The predicted molar refractivity (Wildman–Crippen MR) is 108 cm³/mol. The van der Waals surface area contributed by atoms with Crippen LogP contribution in [0.3, 0.4) is 0 Å². The first-order valence-electron chi connectivity index (χ1n) is 10.6. The number of hydrogen-bond acceptors (Lipinski definition) is 6. The van der Waals surface area contributed by atoms with Crippen LogP contribution in [0.5, 0.6) is 5.75 Å². The molecule has 10 heteroatoms. The summed E-state index contributed by atoms with van der Waals surface area (Å²) in [5.41, 5.74) is 0.369. The highest BCUT2D eigenvalue weighted by atomic mass is 19.3. The lowest BCUT2D eigenvalue weighted by Crippen LogP contribution is -2.53. The number of amides is 3. The van der Waals surface area contributed by atoms with Gasteiger partial charge in [-0.05, 0) is 18.6 Å². The van der Waals surface area contributed by atoms with Gasteiger partial charge in [0.1, 0.15) is 5.75 Å². The highest BCUT2D eigenvalue weighted by molar-refractivity contribution is 6.02. The van der Waals surface area contributed by atoms with Gasteiger partial charge in [-0.25, -0.2) is 0 Å². The fourth-order valence-electron chi connectivity index (χ4n) is 4.53. The van der Waals surface area contributed by atoms with Crippen LogP contribution in [0.2, 0.25) is 0 Å². The highest BCUT2D eigenvalue weighted by Crippen LogP contribution is 2.33. The van der Waals surface area contributed by atoms with Crippen molar-refractivity contribution in [3.63, 3.8) is 0 Å². The molecule has 1 aromatic carbocycles. The molecule has 3 aliphatic heterocycles. The molecule has 0 radical (unpaired) electrons. The molecule has 3 fully saturated rings. The molecule has 3 saturated heterocycles. The van der Waals surface area contributed by atoms with E-state index in [1.165, 1.54) is 15.9 Å². The Balaban J connectivity index is 1.31. The van der Waals surface area contributed by atoms with Crippen LogP contribution in [0, 0.1) is 0 Å². The van der Waals surface area contributed by atoms with Gasteiger partial charge in [0.25, 0.3) is 0 Å². The Labute approximate surface area is 179 Å². The number of halogens is 2. The molecule has 0 unspecified atom stereocenters. The molecule has 4 rings (SSSR count). The van der Waals surface area contributed by atoms with E-state index in [1.54, 1.807) is 18.2 Å². The summed E-state index contributed by atoms with van der Waals surface area (Å²) in [5, 5.41) is 0. The molecule has 168 valence electrons. The van der Waals surface area contributed by atoms with Gasteiger partial charge in [0.2, 0.25) is 17.7 Å². The molecule has 0 aromatic heterocycles. The number of carbonyl (C=O) groups is 3. The van der Waals surface area contributed by atoms with Crippen LogP contribution in [-0.4, -0.2) is 90.9 Å². The third-order valence-electron chi connectivity index (χ3n) is 6.19. The quantitative estimate of drug-likeness (QED) is 0.598. The molecule has 1 aromatic rings. The van der Waals surface area contributed by atoms with Crippen molar-refractivity contribution >= 4 is 23.4 Å². The second-order valence-corrected chi connectivity index (χ2v) is 7.96. The maximum absolute atomic E-state index is 13.0. The van der Waals surface area contributed by atoms with Gasteiger partial charge in [-0.2, -0.15) is 8.78 Å². The summed E-state index contributed by atoms with van der Waals surface area (Å²) < 4.78 is 30.0. The van der Waals surface area contributed by atoms with Crippen LogP contribution in [-0.2, 0) is 14.4 Å². The number of rotatable bonds is 7. The molecule has 0 aliphatic carbocycles. The van der Waals surface area contributed by atoms with Crippen LogP contribution in [0.25, 0.3) is 0 Å². The molecular formula is C21H26F2N4O4. The number of likely N-dealkylation sites (tertiary alicyclic amines) is 1. The summed E-state index contributed by atoms with van der Waals surface area (Å²) in [7, 11) is 0. The van der Waals surface area contributed by atoms with E-state index in [1.807, 2.05) is 0 Å². The van der Waals surface area contributed by atoms with E-state index in [0.29, 0.717) is 57.7 Å². The molecular weight excluding hydrogens is 410 g/mol. The third kappa shape index (κ3) is 4.69. The number of benzene rings is 1. The monoisotopic (exact) mass is 436 g/mol. The van der Waals surface area contributed by atoms with Crippen molar-refractivity contribution < 1.29 is 27.9 Å². The Morgan fingerprint density at radius 2 is 1.61 bits per heavy atom. The van der Waals surface area contributed by atoms with Gasteiger partial charge in [-0.15, -0.1) is 0 Å². The van der Waals surface area contributed by atoms with Crippen LogP contribution >= 0.6 is 0 Å². The Hall–Kier alpha value is -2.59. The number of para-hydroxylation sites is 2. The number of imide groups is 1. The van der Waals surface area contributed by atoms with E-state index in [9.17, 15) is 23.2 Å². The zero-order chi connectivity index (χ0) is 22.0. The second kappa shape index (κ2) is 9.27. The van der Waals surface area contributed by atoms with Gasteiger partial charge in [-0.3, -0.25) is 29.1 Å². The summed E-state index contributed by atoms with van der Waals surface area (Å²) in [4.78, 5) is 43.7. The number of carbonyl (C=O) groups excluding carboxylic acids is 3. The maximum Gasteiger partial charge on any atom is 0.387 e. The second-order valence-electron chi connectivity index (χ2n) is 7.96. The fourth-order valence-corrected chi connectivity index (χ4v) is 4.53. The molecule has 3 amide bonds. The predicted octanol–water partition coefficient (Wildman–Crippen LogP) is 1.16. The van der Waals surface area contributed by atoms with Crippen molar-refractivity contribution in [2.24, 2.45) is 0 Å². The first kappa shape index (κ1) is 21.6. The summed E-state index contributed by atoms with van der Waals surface area (Å²) in [6, 6.07) is 6.07. The minimum atomic E-state index is -2.95. The minimum absolute atomic E-state index is 0.00215. The molecule has 0 bridgehead atoms. The molecule has 31 heavy (non-hydrogen) atoms. The molecule has 1 atom stereocenters. The van der Waals surface area contributed by atoms with E-state index in [2.05, 4.69) is 14.5 Å². The first-order valence-corrected chi connectivity index (χ1v) is 10.6. The van der Waals surface area contributed by atoms with Crippen LogP contribution in [0.1, 0.15) is 19.3 Å². The van der Waals surface area contributed by atoms with Crippen LogP contribution in [0.4, 0.5) is 14.5 Å². The van der Waals surface area contributed by atoms with Crippen molar-refractivity contribution in [2.75, 3.05) is 50.7 Å². The fraction of sp³-hybridized carbons (Fsp3) is 0.571. The largest absolute Gasteiger partial charge is 0.433 e. The normalized spacial score (nSPS) is 23.5. The zero-order valence-electron chi connectivity index (χ0n) is 17.2. The third-order valence-corrected chi connectivity index (χ3v) is 6.19. The standard InChI is InChI=1S/C21H26F2N4O4/c22-21(23)31-17-4-2-1-3-15(17)26-8-7-16(20(26)30)25-12-9-24(10-13-25)11-14-27-18(28)5-6-19(27)29/h1-4,16,21H,5-14H2/t16-/m0/s1. The Kier molecular flexibility index (Phi) is 6.47. The van der Waals surface area contributed by atoms with E-state index in [4.69, 9.17) is 0 Å². The highest BCUT2D eigenvalue weighted by Gasteiger charge is 2.39. The lowest BCUT2D eigenvalue weighted by molar-refractivity contribution is -0.138. The van der Waals surface area contributed by atoms with E-state index < -0.39 is 6.61 Å². The summed E-state index contributed by atoms with van der Waals surface area (Å²) in [5.74, 6) is -0.304. The van der Waals surface area contributed by atoms with Crippen molar-refractivity contribution in [3.05, 3.63) is 24.3 Å². The van der Waals surface area contributed by atoms with Gasteiger partial charge in [0.15, 0.2) is 0 Å². The molecule has 8 nitrogen and oxygen atoms in total. The summed E-state index contributed by atoms with van der Waals surface area (Å²) in [6.45, 7) is 1.42. The number of alkyl halides is 2. The smallest absolute Gasteiger partial charge is 0.387 e. The number of anilines is 1. The van der Waals surface area contributed by atoms with Crippen molar-refractivity contribution in [3.8, 4) is 5.75 Å². The average molecular weight is 436 g/mol. The number of ether oxygens (including phenoxy) is 1. The summed E-state index contributed by atoms with van der Waals surface area (Å²) in [6.07, 6.45) is 1.23. The first-order chi connectivity index (χ1) is 14.9. The molecule has 3 heterocycles. The Morgan fingerprint density at radius 3 is 2.29 bits per heavy atom.